The van der Waals surface area contributed by atoms with E-state index in [4.69, 9.17) is 21.7 Å². The summed E-state index contributed by atoms with van der Waals surface area (Å²) in [5.74, 6) is -0.103. The zero-order valence-electron chi connectivity index (χ0n) is 10.2. The molecule has 1 aromatic carbocycles. The quantitative estimate of drug-likeness (QED) is 0.456. The van der Waals surface area contributed by atoms with Crippen LogP contribution in [0.4, 0.5) is 4.39 Å². The molecule has 1 unspecified atom stereocenters. The summed E-state index contributed by atoms with van der Waals surface area (Å²) in [6.45, 7) is 2.22. The standard InChI is InChI=1S/C13H16BrClFNO/c1-2-18-13(17)10(4-3-7-15)11-8-9(14)5-6-12(11)16/h5-6,8,10,17H,2-4,7H2,1H3. The number of ether oxygens (including phenoxy) is 1. The van der Waals surface area contributed by atoms with Gasteiger partial charge in [-0.1, -0.05) is 15.9 Å². The summed E-state index contributed by atoms with van der Waals surface area (Å²) in [6.07, 6.45) is 1.32. The molecule has 1 atom stereocenters. The van der Waals surface area contributed by atoms with Crippen LogP contribution in [0.15, 0.2) is 22.7 Å². The summed E-state index contributed by atoms with van der Waals surface area (Å²) in [5, 5.41) is 7.88. The van der Waals surface area contributed by atoms with Gasteiger partial charge in [0, 0.05) is 15.9 Å². The van der Waals surface area contributed by atoms with Crippen LogP contribution in [-0.4, -0.2) is 18.4 Å². The maximum atomic E-state index is 13.8. The van der Waals surface area contributed by atoms with Crippen molar-refractivity contribution in [1.29, 1.82) is 5.41 Å². The molecular weight excluding hydrogens is 321 g/mol. The number of halogens is 3. The monoisotopic (exact) mass is 335 g/mol. The summed E-state index contributed by atoms with van der Waals surface area (Å²) in [5.41, 5.74) is 0.480. The smallest absolute Gasteiger partial charge is 0.188 e. The first-order valence-electron chi connectivity index (χ1n) is 5.82. The molecule has 1 N–H and O–H groups in total. The fourth-order valence-electron chi connectivity index (χ4n) is 1.75. The third kappa shape index (κ3) is 4.25. The van der Waals surface area contributed by atoms with Crippen LogP contribution in [0.2, 0.25) is 0 Å². The van der Waals surface area contributed by atoms with E-state index in [2.05, 4.69) is 15.9 Å². The van der Waals surface area contributed by atoms with Gasteiger partial charge in [-0.05, 0) is 38.0 Å². The molecule has 18 heavy (non-hydrogen) atoms. The summed E-state index contributed by atoms with van der Waals surface area (Å²) in [4.78, 5) is 0. The average molecular weight is 337 g/mol. The highest BCUT2D eigenvalue weighted by Gasteiger charge is 2.21. The molecule has 2 nitrogen and oxygen atoms in total. The fraction of sp³-hybridized carbons (Fsp3) is 0.462. The normalized spacial score (nSPS) is 12.2. The summed E-state index contributed by atoms with van der Waals surface area (Å²) >= 11 is 8.99. The van der Waals surface area contributed by atoms with Crippen molar-refractivity contribution in [2.24, 2.45) is 0 Å². The van der Waals surface area contributed by atoms with E-state index in [9.17, 15) is 4.39 Å². The molecule has 0 aliphatic carbocycles. The van der Waals surface area contributed by atoms with E-state index in [1.54, 1.807) is 12.1 Å². The minimum Gasteiger partial charge on any atom is -0.481 e. The molecule has 1 aromatic rings. The van der Waals surface area contributed by atoms with Gasteiger partial charge in [-0.2, -0.15) is 0 Å². The third-order valence-electron chi connectivity index (χ3n) is 2.58. The van der Waals surface area contributed by atoms with Gasteiger partial charge in [-0.15, -0.1) is 11.6 Å². The first kappa shape index (κ1) is 15.4. The van der Waals surface area contributed by atoms with Crippen molar-refractivity contribution in [3.63, 3.8) is 0 Å². The topological polar surface area (TPSA) is 33.1 Å². The molecule has 0 radical (unpaired) electrons. The van der Waals surface area contributed by atoms with Crippen LogP contribution in [0, 0.1) is 11.2 Å². The van der Waals surface area contributed by atoms with Gasteiger partial charge < -0.3 is 4.74 Å². The number of hydrogen-bond donors (Lipinski definition) is 1. The van der Waals surface area contributed by atoms with Crippen LogP contribution in [0.25, 0.3) is 0 Å². The Kier molecular flexibility index (Phi) is 6.65. The molecule has 1 rings (SSSR count). The molecule has 100 valence electrons. The minimum atomic E-state index is -0.374. The van der Waals surface area contributed by atoms with E-state index in [1.807, 2.05) is 6.92 Å². The van der Waals surface area contributed by atoms with Crippen LogP contribution in [0.1, 0.15) is 31.2 Å². The first-order chi connectivity index (χ1) is 8.60. The minimum absolute atomic E-state index is 0.0969. The van der Waals surface area contributed by atoms with E-state index in [-0.39, 0.29) is 17.6 Å². The third-order valence-corrected chi connectivity index (χ3v) is 3.34. The number of rotatable bonds is 6. The molecule has 0 saturated carbocycles. The van der Waals surface area contributed by atoms with Crippen LogP contribution in [0.3, 0.4) is 0 Å². The summed E-state index contributed by atoms with van der Waals surface area (Å²) in [7, 11) is 0. The Labute approximate surface area is 120 Å². The van der Waals surface area contributed by atoms with Crippen LogP contribution in [0.5, 0.6) is 0 Å². The van der Waals surface area contributed by atoms with Crippen molar-refractivity contribution < 1.29 is 9.13 Å². The van der Waals surface area contributed by atoms with Crippen LogP contribution < -0.4 is 0 Å². The lowest BCUT2D eigenvalue weighted by Gasteiger charge is -2.19. The van der Waals surface area contributed by atoms with Crippen molar-refractivity contribution in [1.82, 2.24) is 0 Å². The van der Waals surface area contributed by atoms with E-state index in [0.717, 1.165) is 4.47 Å². The van der Waals surface area contributed by atoms with Gasteiger partial charge in [0.2, 0.25) is 0 Å². The van der Waals surface area contributed by atoms with Gasteiger partial charge in [0.25, 0.3) is 0 Å². The van der Waals surface area contributed by atoms with Crippen molar-refractivity contribution in [3.8, 4) is 0 Å². The molecule has 0 heterocycles. The summed E-state index contributed by atoms with van der Waals surface area (Å²) < 4.78 is 19.8. The molecule has 0 aliphatic rings. The second kappa shape index (κ2) is 7.74. The van der Waals surface area contributed by atoms with Gasteiger partial charge in [0.1, 0.15) is 5.82 Å². The summed E-state index contributed by atoms with van der Waals surface area (Å²) in [6, 6.07) is 4.73. The molecule has 5 heteroatoms. The van der Waals surface area contributed by atoms with Crippen molar-refractivity contribution in [3.05, 3.63) is 34.1 Å². The van der Waals surface area contributed by atoms with Gasteiger partial charge >= 0.3 is 0 Å². The van der Waals surface area contributed by atoms with E-state index >= 15 is 0 Å². The van der Waals surface area contributed by atoms with Gasteiger partial charge in [-0.3, -0.25) is 5.41 Å². The number of benzene rings is 1. The Morgan fingerprint density at radius 1 is 1.56 bits per heavy atom. The van der Waals surface area contributed by atoms with Crippen LogP contribution in [-0.2, 0) is 4.74 Å². The lowest BCUT2D eigenvalue weighted by Crippen LogP contribution is -2.17. The number of nitrogens with one attached hydrogen (secondary N) is 1. The first-order valence-corrected chi connectivity index (χ1v) is 7.15. The van der Waals surface area contributed by atoms with Gasteiger partial charge in [0.15, 0.2) is 5.90 Å². The van der Waals surface area contributed by atoms with Gasteiger partial charge in [-0.25, -0.2) is 4.39 Å². The Morgan fingerprint density at radius 2 is 2.28 bits per heavy atom. The van der Waals surface area contributed by atoms with E-state index in [0.29, 0.717) is 30.9 Å². The van der Waals surface area contributed by atoms with Crippen LogP contribution >= 0.6 is 27.5 Å². The highest BCUT2D eigenvalue weighted by atomic mass is 79.9. The number of hydrogen-bond acceptors (Lipinski definition) is 2. The molecule has 0 fully saturated rings. The van der Waals surface area contributed by atoms with Crippen molar-refractivity contribution in [2.45, 2.75) is 25.7 Å². The second-order valence-electron chi connectivity index (χ2n) is 3.85. The van der Waals surface area contributed by atoms with Crippen molar-refractivity contribution >= 4 is 33.4 Å². The molecule has 0 saturated heterocycles. The SMILES string of the molecule is CCOC(=N)C(CCCCl)c1cc(Br)ccc1F. The Morgan fingerprint density at radius 3 is 2.89 bits per heavy atom. The predicted molar refractivity (Wildman–Crippen MR) is 76.1 cm³/mol. The fourth-order valence-corrected chi connectivity index (χ4v) is 2.28. The van der Waals surface area contributed by atoms with Gasteiger partial charge in [0.05, 0.1) is 12.5 Å². The molecular formula is C13H16BrClFNO. The number of alkyl halides is 1. The molecule has 0 aromatic heterocycles. The molecule has 0 bridgehead atoms. The lowest BCUT2D eigenvalue weighted by molar-refractivity contribution is 0.304. The zero-order valence-corrected chi connectivity index (χ0v) is 12.5. The molecule has 0 aliphatic heterocycles. The highest BCUT2D eigenvalue weighted by molar-refractivity contribution is 9.10. The Bertz CT molecular complexity index is 414. The van der Waals surface area contributed by atoms with E-state index < -0.39 is 0 Å². The van der Waals surface area contributed by atoms with Crippen molar-refractivity contribution in [2.75, 3.05) is 12.5 Å². The van der Waals surface area contributed by atoms with E-state index in [1.165, 1.54) is 6.07 Å². The average Bonchev–Trinajstić information content (AvgIpc) is 2.34. The largest absolute Gasteiger partial charge is 0.481 e. The molecule has 0 amide bonds. The predicted octanol–water partition coefficient (Wildman–Crippen LogP) is 4.70. The zero-order chi connectivity index (χ0) is 13.5. The lowest BCUT2D eigenvalue weighted by atomic mass is 9.94. The molecule has 0 spiro atoms. The second-order valence-corrected chi connectivity index (χ2v) is 5.14. The Hall–Kier alpha value is -0.610. The maximum absolute atomic E-state index is 13.8. The maximum Gasteiger partial charge on any atom is 0.188 e. The highest BCUT2D eigenvalue weighted by Crippen LogP contribution is 2.28. The Balaban J connectivity index is 3.00.